The monoisotopic (exact) mass is 166 g/mol. The summed E-state index contributed by atoms with van der Waals surface area (Å²) >= 11 is 0. The van der Waals surface area contributed by atoms with Crippen LogP contribution < -0.4 is 0 Å². The molecule has 1 N–H and O–H groups in total. The third kappa shape index (κ3) is 1.29. The average Bonchev–Trinajstić information content (AvgIpc) is 2.03. The lowest BCUT2D eigenvalue weighted by molar-refractivity contribution is 0.476. The highest BCUT2D eigenvalue weighted by molar-refractivity contribution is 5.69. The highest BCUT2D eigenvalue weighted by Gasteiger charge is 2.09. The number of hydrogen-bond acceptors (Lipinski definition) is 5. The molecule has 0 atom stereocenters. The lowest BCUT2D eigenvalue weighted by Crippen LogP contribution is -1.74. The van der Waals surface area contributed by atoms with Gasteiger partial charge in [0.25, 0.3) is 0 Å². The number of aryl methyl sites for hydroxylation is 1. The first-order valence-corrected chi connectivity index (χ1v) is 3.19. The molecule has 12 heavy (non-hydrogen) atoms. The number of benzene rings is 1. The number of nitroso groups, excluding NO2 is 2. The van der Waals surface area contributed by atoms with Crippen molar-refractivity contribution in [3.05, 3.63) is 27.5 Å². The maximum absolute atomic E-state index is 10.1. The molecule has 62 valence electrons. The Hall–Kier alpha value is -1.78. The van der Waals surface area contributed by atoms with Gasteiger partial charge in [-0.05, 0) is 35.0 Å². The lowest BCUT2D eigenvalue weighted by atomic mass is 10.2. The summed E-state index contributed by atoms with van der Waals surface area (Å²) in [7, 11) is 0. The van der Waals surface area contributed by atoms with Crippen molar-refractivity contribution in [1.29, 1.82) is 0 Å². The third-order valence-corrected chi connectivity index (χ3v) is 1.40. The number of hydrogen-bond donors (Lipinski definition) is 1. The molecular weight excluding hydrogens is 160 g/mol. The van der Waals surface area contributed by atoms with E-state index in [1.54, 1.807) is 6.92 Å². The molecule has 0 spiro atoms. The standard InChI is InChI=1S/C7H6N2O3/c1-4-2-5(8-11)7(9-12)6(10)3-4/h2-3,10H,1H3. The predicted molar refractivity (Wildman–Crippen MR) is 43.8 cm³/mol. The minimum absolute atomic E-state index is 0.137. The van der Waals surface area contributed by atoms with Gasteiger partial charge in [-0.2, -0.15) is 0 Å². The summed E-state index contributed by atoms with van der Waals surface area (Å²) in [5.74, 6) is -0.320. The molecule has 0 fully saturated rings. The van der Waals surface area contributed by atoms with Crippen LogP contribution in [0.2, 0.25) is 0 Å². The summed E-state index contributed by atoms with van der Waals surface area (Å²) in [4.78, 5) is 20.2. The fourth-order valence-electron chi connectivity index (χ4n) is 0.904. The van der Waals surface area contributed by atoms with Gasteiger partial charge < -0.3 is 5.11 Å². The molecule has 0 heterocycles. The van der Waals surface area contributed by atoms with Gasteiger partial charge in [0.1, 0.15) is 11.4 Å². The second-order valence-electron chi connectivity index (χ2n) is 2.33. The molecule has 0 radical (unpaired) electrons. The van der Waals surface area contributed by atoms with Gasteiger partial charge in [0.2, 0.25) is 0 Å². The zero-order valence-corrected chi connectivity index (χ0v) is 6.31. The number of phenolic OH excluding ortho intramolecular Hbond substituents is 1. The Balaban J connectivity index is 3.43. The maximum atomic E-state index is 10.1. The molecule has 0 saturated heterocycles. The molecule has 0 aliphatic heterocycles. The van der Waals surface area contributed by atoms with Crippen LogP contribution >= 0.6 is 0 Å². The summed E-state index contributed by atoms with van der Waals surface area (Å²) in [5, 5.41) is 14.2. The van der Waals surface area contributed by atoms with Crippen molar-refractivity contribution < 1.29 is 5.11 Å². The topological polar surface area (TPSA) is 79.1 Å². The van der Waals surface area contributed by atoms with Gasteiger partial charge in [-0.15, -0.1) is 9.81 Å². The van der Waals surface area contributed by atoms with E-state index in [4.69, 9.17) is 5.11 Å². The van der Waals surface area contributed by atoms with Gasteiger partial charge in [-0.25, -0.2) is 0 Å². The van der Waals surface area contributed by atoms with Crippen LogP contribution in [0.3, 0.4) is 0 Å². The highest BCUT2D eigenvalue weighted by atomic mass is 16.3. The number of aromatic hydroxyl groups is 1. The van der Waals surface area contributed by atoms with Crippen molar-refractivity contribution in [3.8, 4) is 5.75 Å². The van der Waals surface area contributed by atoms with Crippen LogP contribution in [0, 0.1) is 16.7 Å². The summed E-state index contributed by atoms with van der Waals surface area (Å²) < 4.78 is 0. The quantitative estimate of drug-likeness (QED) is 0.685. The molecule has 0 aliphatic rings. The molecule has 0 amide bonds. The molecule has 0 aromatic heterocycles. The van der Waals surface area contributed by atoms with Crippen LogP contribution in [0.5, 0.6) is 5.75 Å². The lowest BCUT2D eigenvalue weighted by Gasteiger charge is -1.98. The molecule has 1 aromatic carbocycles. The first kappa shape index (κ1) is 8.32. The van der Waals surface area contributed by atoms with Crippen LogP contribution in [0.25, 0.3) is 0 Å². The van der Waals surface area contributed by atoms with Crippen LogP contribution in [0.1, 0.15) is 5.56 Å². The van der Waals surface area contributed by atoms with Crippen molar-refractivity contribution in [3.63, 3.8) is 0 Å². The fourth-order valence-corrected chi connectivity index (χ4v) is 0.904. The maximum Gasteiger partial charge on any atom is 0.178 e. The summed E-state index contributed by atoms with van der Waals surface area (Å²) in [6.45, 7) is 1.67. The molecule has 1 rings (SSSR count). The van der Waals surface area contributed by atoms with E-state index < -0.39 is 0 Å². The van der Waals surface area contributed by atoms with Crippen LogP contribution in [-0.2, 0) is 0 Å². The molecule has 0 aliphatic carbocycles. The van der Waals surface area contributed by atoms with E-state index >= 15 is 0 Å². The first-order valence-electron chi connectivity index (χ1n) is 3.19. The molecule has 0 unspecified atom stereocenters. The Morgan fingerprint density at radius 3 is 2.42 bits per heavy atom. The number of phenols is 1. The zero-order chi connectivity index (χ0) is 9.14. The Labute approximate surface area is 68.0 Å². The smallest absolute Gasteiger partial charge is 0.178 e. The minimum atomic E-state index is -0.320. The van der Waals surface area contributed by atoms with Gasteiger partial charge in [-0.1, -0.05) is 0 Å². The van der Waals surface area contributed by atoms with Crippen LogP contribution in [0.4, 0.5) is 11.4 Å². The zero-order valence-electron chi connectivity index (χ0n) is 6.31. The number of rotatable bonds is 2. The molecule has 5 heteroatoms. The second-order valence-corrected chi connectivity index (χ2v) is 2.33. The SMILES string of the molecule is Cc1cc(O)c(N=O)c(N=O)c1. The predicted octanol–water partition coefficient (Wildman–Crippen LogP) is 2.50. The summed E-state index contributed by atoms with van der Waals surface area (Å²) in [5.41, 5.74) is 0.201. The highest BCUT2D eigenvalue weighted by Crippen LogP contribution is 2.37. The molecule has 1 aromatic rings. The van der Waals surface area contributed by atoms with Crippen molar-refractivity contribution in [2.45, 2.75) is 6.92 Å². The van der Waals surface area contributed by atoms with E-state index in [2.05, 4.69) is 10.4 Å². The van der Waals surface area contributed by atoms with Gasteiger partial charge in [-0.3, -0.25) is 0 Å². The van der Waals surface area contributed by atoms with E-state index in [0.717, 1.165) is 0 Å². The van der Waals surface area contributed by atoms with Crippen LogP contribution in [-0.4, -0.2) is 5.11 Å². The van der Waals surface area contributed by atoms with E-state index in [1.807, 2.05) is 0 Å². The van der Waals surface area contributed by atoms with Crippen molar-refractivity contribution >= 4 is 11.4 Å². The Kier molecular flexibility index (Phi) is 2.14. The van der Waals surface area contributed by atoms with Crippen molar-refractivity contribution in [2.75, 3.05) is 0 Å². The Morgan fingerprint density at radius 1 is 1.25 bits per heavy atom. The molecule has 0 bridgehead atoms. The Morgan fingerprint density at radius 2 is 1.92 bits per heavy atom. The van der Waals surface area contributed by atoms with E-state index in [0.29, 0.717) is 5.56 Å². The van der Waals surface area contributed by atoms with Crippen molar-refractivity contribution in [2.24, 2.45) is 10.4 Å². The third-order valence-electron chi connectivity index (χ3n) is 1.40. The summed E-state index contributed by atoms with van der Waals surface area (Å²) in [6, 6.07) is 2.72. The minimum Gasteiger partial charge on any atom is -0.505 e. The van der Waals surface area contributed by atoms with E-state index in [9.17, 15) is 9.81 Å². The first-order chi connectivity index (χ1) is 5.69. The number of nitrogens with zero attached hydrogens (tertiary/aromatic N) is 2. The summed E-state index contributed by atoms with van der Waals surface area (Å²) in [6.07, 6.45) is 0. The van der Waals surface area contributed by atoms with Crippen molar-refractivity contribution in [1.82, 2.24) is 0 Å². The Bertz CT molecular complexity index is 336. The second kappa shape index (κ2) is 3.08. The van der Waals surface area contributed by atoms with Gasteiger partial charge in [0.05, 0.1) is 0 Å². The van der Waals surface area contributed by atoms with E-state index in [-0.39, 0.29) is 17.1 Å². The van der Waals surface area contributed by atoms with Gasteiger partial charge >= 0.3 is 0 Å². The molecular formula is C7H6N2O3. The molecule has 5 nitrogen and oxygen atoms in total. The van der Waals surface area contributed by atoms with Gasteiger partial charge in [0, 0.05) is 0 Å². The van der Waals surface area contributed by atoms with Gasteiger partial charge in [0.15, 0.2) is 5.69 Å². The van der Waals surface area contributed by atoms with Crippen LogP contribution in [0.15, 0.2) is 22.5 Å². The average molecular weight is 166 g/mol. The molecule has 0 saturated carbocycles. The largest absolute Gasteiger partial charge is 0.505 e. The fraction of sp³-hybridized carbons (Fsp3) is 0.143. The normalized spacial score (nSPS) is 9.42. The van der Waals surface area contributed by atoms with E-state index in [1.165, 1.54) is 12.1 Å².